The van der Waals surface area contributed by atoms with Crippen LogP contribution in [0.25, 0.3) is 18.2 Å². The second-order valence-electron chi connectivity index (χ2n) is 8.78. The van der Waals surface area contributed by atoms with Gasteiger partial charge in [0.05, 0.1) is 19.1 Å². The van der Waals surface area contributed by atoms with Gasteiger partial charge in [0, 0.05) is 48.4 Å². The third-order valence-corrected chi connectivity index (χ3v) is 8.72. The predicted molar refractivity (Wildman–Crippen MR) is 155 cm³/mol. The standard InChI is InChI=1S/C29H29BrN2O6S/c1-37-25-18-22(9-6-21-7-10-24(33)11-8-21)27(28(20-25)38-2)12-13-29(34)31-14-16-32(17-15-31)39(35,36)26-5-3-4-23(30)19-26/h3-13,18-20,33H,14-17H2,1-2H3/b9-6+,13-12+. The second-order valence-corrected chi connectivity index (χ2v) is 11.6. The summed E-state index contributed by atoms with van der Waals surface area (Å²) >= 11 is 3.32. The van der Waals surface area contributed by atoms with E-state index in [0.717, 1.165) is 11.1 Å². The lowest BCUT2D eigenvalue weighted by atomic mass is 10.0. The first-order valence-electron chi connectivity index (χ1n) is 12.2. The molecule has 1 heterocycles. The summed E-state index contributed by atoms with van der Waals surface area (Å²) in [7, 11) is -0.529. The largest absolute Gasteiger partial charge is 0.508 e. The van der Waals surface area contributed by atoms with Gasteiger partial charge in [-0.1, -0.05) is 46.3 Å². The van der Waals surface area contributed by atoms with Crippen LogP contribution in [0.1, 0.15) is 16.7 Å². The maximum absolute atomic E-state index is 13.0. The topological polar surface area (TPSA) is 96.4 Å². The predicted octanol–water partition coefficient (Wildman–Crippen LogP) is 4.89. The Morgan fingerprint density at radius 3 is 2.28 bits per heavy atom. The van der Waals surface area contributed by atoms with Crippen molar-refractivity contribution in [2.24, 2.45) is 0 Å². The number of sulfonamides is 1. The summed E-state index contributed by atoms with van der Waals surface area (Å²) in [5, 5.41) is 9.53. The Hall–Kier alpha value is -3.60. The van der Waals surface area contributed by atoms with E-state index in [4.69, 9.17) is 9.47 Å². The number of ether oxygens (including phenoxy) is 2. The number of nitrogens with zero attached hydrogens (tertiary/aromatic N) is 2. The molecule has 3 aromatic carbocycles. The fourth-order valence-electron chi connectivity index (χ4n) is 4.18. The number of rotatable bonds is 8. The number of piperazine rings is 1. The molecule has 39 heavy (non-hydrogen) atoms. The smallest absolute Gasteiger partial charge is 0.246 e. The van der Waals surface area contributed by atoms with Crippen LogP contribution in [0.2, 0.25) is 0 Å². The summed E-state index contributed by atoms with van der Waals surface area (Å²) in [5.41, 5.74) is 2.35. The number of hydrogen-bond donors (Lipinski definition) is 1. The van der Waals surface area contributed by atoms with E-state index in [9.17, 15) is 18.3 Å². The summed E-state index contributed by atoms with van der Waals surface area (Å²) in [6.07, 6.45) is 6.94. The van der Waals surface area contributed by atoms with E-state index < -0.39 is 10.0 Å². The molecule has 1 saturated heterocycles. The monoisotopic (exact) mass is 612 g/mol. The van der Waals surface area contributed by atoms with Gasteiger partial charge in [-0.05, 0) is 53.6 Å². The Morgan fingerprint density at radius 1 is 0.923 bits per heavy atom. The molecule has 0 atom stereocenters. The number of phenols is 1. The fourth-order valence-corrected chi connectivity index (χ4v) is 6.20. The number of aromatic hydroxyl groups is 1. The highest BCUT2D eigenvalue weighted by atomic mass is 79.9. The molecule has 1 fully saturated rings. The van der Waals surface area contributed by atoms with Crippen molar-refractivity contribution in [1.82, 2.24) is 9.21 Å². The maximum atomic E-state index is 13.0. The Labute approximate surface area is 237 Å². The molecule has 0 saturated carbocycles. The van der Waals surface area contributed by atoms with E-state index in [1.807, 2.05) is 18.2 Å². The molecular formula is C29H29BrN2O6S. The van der Waals surface area contributed by atoms with Gasteiger partial charge in [-0.2, -0.15) is 4.31 Å². The minimum atomic E-state index is -3.64. The molecule has 0 unspecified atom stereocenters. The van der Waals surface area contributed by atoms with Crippen LogP contribution in [-0.4, -0.2) is 69.0 Å². The number of carbonyl (C=O) groups excluding carboxylic acids is 1. The minimum absolute atomic E-state index is 0.184. The quantitative estimate of drug-likeness (QED) is 0.287. The first-order chi connectivity index (χ1) is 18.7. The van der Waals surface area contributed by atoms with Gasteiger partial charge >= 0.3 is 0 Å². The zero-order valence-corrected chi connectivity index (χ0v) is 24.0. The molecule has 4 rings (SSSR count). The number of methoxy groups -OCH3 is 2. The lowest BCUT2D eigenvalue weighted by Crippen LogP contribution is -2.50. The number of halogens is 1. The first kappa shape index (κ1) is 28.4. The van der Waals surface area contributed by atoms with Crippen molar-refractivity contribution < 1.29 is 27.8 Å². The van der Waals surface area contributed by atoms with Crippen LogP contribution in [0.3, 0.4) is 0 Å². The molecule has 0 spiro atoms. The van der Waals surface area contributed by atoms with Gasteiger partial charge in [0.25, 0.3) is 0 Å². The zero-order chi connectivity index (χ0) is 28.0. The molecule has 1 N–H and O–H groups in total. The fraction of sp³-hybridized carbons (Fsp3) is 0.207. The normalized spacial score (nSPS) is 14.7. The first-order valence-corrected chi connectivity index (χ1v) is 14.4. The van der Waals surface area contributed by atoms with Crippen LogP contribution < -0.4 is 9.47 Å². The molecule has 0 bridgehead atoms. The molecule has 0 aromatic heterocycles. The van der Waals surface area contributed by atoms with Gasteiger partial charge in [-0.3, -0.25) is 4.79 Å². The van der Waals surface area contributed by atoms with E-state index in [1.165, 1.54) is 10.4 Å². The van der Waals surface area contributed by atoms with Gasteiger partial charge in [-0.25, -0.2) is 8.42 Å². The zero-order valence-electron chi connectivity index (χ0n) is 21.6. The lowest BCUT2D eigenvalue weighted by molar-refractivity contribution is -0.127. The Morgan fingerprint density at radius 2 is 1.64 bits per heavy atom. The van der Waals surface area contributed by atoms with Crippen molar-refractivity contribution in [2.45, 2.75) is 4.90 Å². The summed E-state index contributed by atoms with van der Waals surface area (Å²) in [5.74, 6) is 1.10. The minimum Gasteiger partial charge on any atom is -0.508 e. The molecule has 10 heteroatoms. The Kier molecular flexibility index (Phi) is 9.11. The molecule has 8 nitrogen and oxygen atoms in total. The number of amides is 1. The molecule has 0 aliphatic carbocycles. The number of hydrogen-bond acceptors (Lipinski definition) is 6. The van der Waals surface area contributed by atoms with Crippen molar-refractivity contribution in [3.63, 3.8) is 0 Å². The van der Waals surface area contributed by atoms with Crippen LogP contribution >= 0.6 is 15.9 Å². The number of carbonyl (C=O) groups is 1. The van der Waals surface area contributed by atoms with E-state index in [0.29, 0.717) is 21.5 Å². The second kappa shape index (κ2) is 12.5. The molecule has 204 valence electrons. The van der Waals surface area contributed by atoms with Gasteiger partial charge in [0.15, 0.2) is 0 Å². The third-order valence-electron chi connectivity index (χ3n) is 6.33. The van der Waals surface area contributed by atoms with Gasteiger partial charge in [0.2, 0.25) is 15.9 Å². The number of phenolic OH excluding ortho intramolecular Hbond substituents is 1. The van der Waals surface area contributed by atoms with Gasteiger partial charge < -0.3 is 19.5 Å². The van der Waals surface area contributed by atoms with Crippen LogP contribution in [-0.2, 0) is 14.8 Å². The molecule has 1 amide bonds. The van der Waals surface area contributed by atoms with Crippen molar-refractivity contribution >= 4 is 50.1 Å². The lowest BCUT2D eigenvalue weighted by Gasteiger charge is -2.33. The van der Waals surface area contributed by atoms with Crippen LogP contribution in [0.4, 0.5) is 0 Å². The third kappa shape index (κ3) is 6.89. The summed E-state index contributed by atoms with van der Waals surface area (Å²) in [6.45, 7) is 0.981. The highest BCUT2D eigenvalue weighted by Gasteiger charge is 2.29. The van der Waals surface area contributed by atoms with Gasteiger partial charge in [-0.15, -0.1) is 0 Å². The molecule has 0 radical (unpaired) electrons. The average Bonchev–Trinajstić information content (AvgIpc) is 2.95. The molecule has 1 aliphatic rings. The summed E-state index contributed by atoms with van der Waals surface area (Å²) in [4.78, 5) is 14.9. The highest BCUT2D eigenvalue weighted by Crippen LogP contribution is 2.31. The van der Waals surface area contributed by atoms with E-state index in [1.54, 1.807) is 79.8 Å². The maximum Gasteiger partial charge on any atom is 0.246 e. The van der Waals surface area contributed by atoms with Crippen molar-refractivity contribution in [2.75, 3.05) is 40.4 Å². The van der Waals surface area contributed by atoms with E-state index in [2.05, 4.69) is 15.9 Å². The Balaban J connectivity index is 1.50. The number of benzene rings is 3. The summed E-state index contributed by atoms with van der Waals surface area (Å²) in [6, 6.07) is 17.0. The average molecular weight is 614 g/mol. The van der Waals surface area contributed by atoms with E-state index in [-0.39, 0.29) is 42.7 Å². The van der Waals surface area contributed by atoms with E-state index >= 15 is 0 Å². The van der Waals surface area contributed by atoms with Crippen LogP contribution in [0.5, 0.6) is 17.2 Å². The summed E-state index contributed by atoms with van der Waals surface area (Å²) < 4.78 is 39.1. The van der Waals surface area contributed by atoms with Crippen molar-refractivity contribution in [3.8, 4) is 17.2 Å². The highest BCUT2D eigenvalue weighted by molar-refractivity contribution is 9.10. The van der Waals surface area contributed by atoms with Crippen molar-refractivity contribution in [3.05, 3.63) is 87.9 Å². The van der Waals surface area contributed by atoms with Crippen LogP contribution in [0, 0.1) is 0 Å². The SMILES string of the molecule is COc1cc(/C=C/c2ccc(O)cc2)c(/C=C/C(=O)N2CCN(S(=O)(=O)c3cccc(Br)c3)CC2)c(OC)c1. The molecule has 1 aliphatic heterocycles. The molecule has 3 aromatic rings. The Bertz CT molecular complexity index is 1490. The molecular weight excluding hydrogens is 584 g/mol. The van der Waals surface area contributed by atoms with Crippen molar-refractivity contribution in [1.29, 1.82) is 0 Å². The van der Waals surface area contributed by atoms with Gasteiger partial charge in [0.1, 0.15) is 17.2 Å². The van der Waals surface area contributed by atoms with Crippen LogP contribution in [0.15, 0.2) is 76.1 Å².